The molecule has 110 valence electrons. The Morgan fingerprint density at radius 3 is 2.50 bits per heavy atom. The van der Waals surface area contributed by atoms with Gasteiger partial charge in [-0.05, 0) is 38.0 Å². The molecule has 1 rings (SSSR count). The predicted octanol–water partition coefficient (Wildman–Crippen LogP) is 2.13. The normalized spacial score (nSPS) is 11.8. The van der Waals surface area contributed by atoms with Crippen LogP contribution >= 0.6 is 23.2 Å². The quantitative estimate of drug-likeness (QED) is 0.744. The van der Waals surface area contributed by atoms with E-state index in [1.807, 2.05) is 0 Å². The number of hydrogen-bond acceptors (Lipinski definition) is 3. The summed E-state index contributed by atoms with van der Waals surface area (Å²) in [5.41, 5.74) is 1.05. The lowest BCUT2D eigenvalue weighted by atomic mass is 10.2. The first-order valence-corrected chi connectivity index (χ1v) is 6.79. The largest absolute Gasteiger partial charge is 0.396 e. The number of hydrogen-bond donors (Lipinski definition) is 3. The average Bonchev–Trinajstić information content (AvgIpc) is 2.35. The van der Waals surface area contributed by atoms with E-state index in [0.717, 1.165) is 5.56 Å². The van der Waals surface area contributed by atoms with Crippen molar-refractivity contribution >= 4 is 40.7 Å². The molecule has 0 aliphatic rings. The molecule has 0 fully saturated rings. The Balaban J connectivity index is 2.71. The van der Waals surface area contributed by atoms with Crippen molar-refractivity contribution in [2.45, 2.75) is 26.3 Å². The van der Waals surface area contributed by atoms with Crippen LogP contribution < -0.4 is 10.6 Å². The van der Waals surface area contributed by atoms with Crippen molar-refractivity contribution in [1.82, 2.24) is 5.32 Å². The van der Waals surface area contributed by atoms with Gasteiger partial charge in [-0.2, -0.15) is 0 Å². The van der Waals surface area contributed by atoms with Gasteiger partial charge < -0.3 is 15.7 Å². The van der Waals surface area contributed by atoms with Crippen molar-refractivity contribution in [2.75, 3.05) is 11.9 Å². The molecular weight excluding hydrogens is 303 g/mol. The highest BCUT2D eigenvalue weighted by atomic mass is 35.5. The number of carbonyl (C=O) groups is 2. The molecule has 0 spiro atoms. The molecular formula is C13H16Cl2N2O3. The summed E-state index contributed by atoms with van der Waals surface area (Å²) in [6.45, 7) is 3.41. The molecule has 0 aliphatic carbocycles. The number of anilines is 1. The zero-order valence-electron chi connectivity index (χ0n) is 11.2. The molecule has 0 saturated heterocycles. The summed E-state index contributed by atoms with van der Waals surface area (Å²) in [4.78, 5) is 23.3. The summed E-state index contributed by atoms with van der Waals surface area (Å²) >= 11 is 11.9. The molecule has 0 bridgehead atoms. The van der Waals surface area contributed by atoms with Crippen LogP contribution in [0.1, 0.15) is 18.9 Å². The molecule has 1 atom stereocenters. The van der Waals surface area contributed by atoms with Crippen molar-refractivity contribution in [1.29, 1.82) is 0 Å². The van der Waals surface area contributed by atoms with Gasteiger partial charge in [-0.15, -0.1) is 0 Å². The van der Waals surface area contributed by atoms with Crippen molar-refractivity contribution < 1.29 is 14.7 Å². The third-order valence-corrected chi connectivity index (χ3v) is 3.36. The lowest BCUT2D eigenvalue weighted by Gasteiger charge is -2.13. The Morgan fingerprint density at radius 2 is 1.90 bits per heavy atom. The number of nitrogens with one attached hydrogen (secondary N) is 2. The number of aryl methyl sites for hydroxylation is 1. The summed E-state index contributed by atoms with van der Waals surface area (Å²) in [5.74, 6) is -1.63. The van der Waals surface area contributed by atoms with Gasteiger partial charge in [0, 0.05) is 17.7 Å². The molecule has 5 nitrogen and oxygen atoms in total. The SMILES string of the molecule is Cc1cc(Cl)c(NC(=O)C(=O)N[C@H](C)CCO)cc1Cl. The minimum atomic E-state index is -0.836. The Labute approximate surface area is 127 Å². The molecule has 0 aliphatic heterocycles. The number of carbonyl (C=O) groups excluding carboxylic acids is 2. The molecule has 7 heteroatoms. The topological polar surface area (TPSA) is 78.4 Å². The molecule has 0 unspecified atom stereocenters. The lowest BCUT2D eigenvalue weighted by Crippen LogP contribution is -2.40. The van der Waals surface area contributed by atoms with Gasteiger partial charge in [0.05, 0.1) is 10.7 Å². The number of aliphatic hydroxyl groups excluding tert-OH is 1. The van der Waals surface area contributed by atoms with Gasteiger partial charge in [-0.3, -0.25) is 9.59 Å². The van der Waals surface area contributed by atoms with Crippen LogP contribution in [0.25, 0.3) is 0 Å². The maximum atomic E-state index is 11.7. The van der Waals surface area contributed by atoms with Gasteiger partial charge in [0.1, 0.15) is 0 Å². The van der Waals surface area contributed by atoms with Crippen LogP contribution in [0.15, 0.2) is 12.1 Å². The van der Waals surface area contributed by atoms with E-state index >= 15 is 0 Å². The average molecular weight is 319 g/mol. The van der Waals surface area contributed by atoms with Gasteiger partial charge in [-0.1, -0.05) is 23.2 Å². The molecule has 20 heavy (non-hydrogen) atoms. The first-order chi connectivity index (χ1) is 9.35. The van der Waals surface area contributed by atoms with E-state index in [1.54, 1.807) is 19.9 Å². The van der Waals surface area contributed by atoms with Gasteiger partial charge in [-0.25, -0.2) is 0 Å². The molecule has 0 radical (unpaired) electrons. The maximum Gasteiger partial charge on any atom is 0.313 e. The number of aliphatic hydroxyl groups is 1. The third-order valence-electron chi connectivity index (χ3n) is 2.64. The van der Waals surface area contributed by atoms with Crippen LogP contribution in [0.5, 0.6) is 0 Å². The fraction of sp³-hybridized carbons (Fsp3) is 0.385. The van der Waals surface area contributed by atoms with Crippen LogP contribution in [0.2, 0.25) is 10.0 Å². The Bertz CT molecular complexity index is 521. The summed E-state index contributed by atoms with van der Waals surface area (Å²) in [6, 6.07) is 2.79. The highest BCUT2D eigenvalue weighted by Gasteiger charge is 2.17. The molecule has 0 saturated carbocycles. The summed E-state index contributed by atoms with van der Waals surface area (Å²) in [7, 11) is 0. The summed E-state index contributed by atoms with van der Waals surface area (Å²) in [5, 5.41) is 14.3. The standard InChI is InChI=1S/C13H16Cl2N2O3/c1-7-5-10(15)11(6-9(7)14)17-13(20)12(19)16-8(2)3-4-18/h5-6,8,18H,3-4H2,1-2H3,(H,16,19)(H,17,20)/t8-/m1/s1. The smallest absolute Gasteiger partial charge is 0.313 e. The second kappa shape index (κ2) is 7.47. The molecule has 0 aromatic heterocycles. The second-order valence-corrected chi connectivity index (χ2v) is 5.24. The minimum Gasteiger partial charge on any atom is -0.396 e. The van der Waals surface area contributed by atoms with E-state index < -0.39 is 11.8 Å². The number of rotatable bonds is 4. The fourth-order valence-corrected chi connectivity index (χ4v) is 1.91. The lowest BCUT2D eigenvalue weighted by molar-refractivity contribution is -0.136. The van der Waals surface area contributed by atoms with E-state index in [-0.39, 0.29) is 18.3 Å². The van der Waals surface area contributed by atoms with E-state index in [2.05, 4.69) is 10.6 Å². The Morgan fingerprint density at radius 1 is 1.25 bits per heavy atom. The Hall–Kier alpha value is -1.30. The van der Waals surface area contributed by atoms with Gasteiger partial charge in [0.2, 0.25) is 0 Å². The Kier molecular flexibility index (Phi) is 6.26. The van der Waals surface area contributed by atoms with Crippen molar-refractivity contribution in [3.8, 4) is 0 Å². The highest BCUT2D eigenvalue weighted by Crippen LogP contribution is 2.28. The van der Waals surface area contributed by atoms with Gasteiger partial charge in [0.15, 0.2) is 0 Å². The van der Waals surface area contributed by atoms with Crippen molar-refractivity contribution in [3.05, 3.63) is 27.7 Å². The number of amides is 2. The molecule has 1 aromatic carbocycles. The third kappa shape index (κ3) is 4.67. The molecule has 3 N–H and O–H groups in total. The van der Waals surface area contributed by atoms with Crippen LogP contribution in [-0.4, -0.2) is 29.6 Å². The zero-order chi connectivity index (χ0) is 15.3. The monoisotopic (exact) mass is 318 g/mol. The minimum absolute atomic E-state index is 0.0670. The highest BCUT2D eigenvalue weighted by molar-refractivity contribution is 6.42. The van der Waals surface area contributed by atoms with Crippen molar-refractivity contribution in [2.24, 2.45) is 0 Å². The van der Waals surface area contributed by atoms with E-state index in [4.69, 9.17) is 28.3 Å². The van der Waals surface area contributed by atoms with Crippen LogP contribution in [0.3, 0.4) is 0 Å². The predicted molar refractivity (Wildman–Crippen MR) is 79.1 cm³/mol. The van der Waals surface area contributed by atoms with E-state index in [0.29, 0.717) is 16.5 Å². The molecule has 1 aromatic rings. The second-order valence-electron chi connectivity index (χ2n) is 4.42. The molecule has 0 heterocycles. The number of benzene rings is 1. The van der Waals surface area contributed by atoms with Crippen LogP contribution in [0, 0.1) is 6.92 Å². The van der Waals surface area contributed by atoms with Gasteiger partial charge in [0.25, 0.3) is 0 Å². The van der Waals surface area contributed by atoms with Crippen LogP contribution in [0.4, 0.5) is 5.69 Å². The summed E-state index contributed by atoms with van der Waals surface area (Å²) < 4.78 is 0. The van der Waals surface area contributed by atoms with Crippen LogP contribution in [-0.2, 0) is 9.59 Å². The first-order valence-electron chi connectivity index (χ1n) is 6.03. The van der Waals surface area contributed by atoms with Gasteiger partial charge >= 0.3 is 11.8 Å². The van der Waals surface area contributed by atoms with E-state index in [1.165, 1.54) is 6.07 Å². The maximum absolute atomic E-state index is 11.7. The number of halogens is 2. The fourth-order valence-electron chi connectivity index (χ4n) is 1.48. The summed E-state index contributed by atoms with van der Waals surface area (Å²) in [6.07, 6.45) is 0.371. The van der Waals surface area contributed by atoms with E-state index in [9.17, 15) is 9.59 Å². The zero-order valence-corrected chi connectivity index (χ0v) is 12.7. The van der Waals surface area contributed by atoms with Crippen molar-refractivity contribution in [3.63, 3.8) is 0 Å². The first kappa shape index (κ1) is 16.8. The molecule has 2 amide bonds.